The molecule has 1 aliphatic rings. The van der Waals surface area contributed by atoms with E-state index in [1.807, 2.05) is 6.07 Å². The molecule has 0 spiro atoms. The minimum atomic E-state index is 0.320. The van der Waals surface area contributed by atoms with Crippen molar-refractivity contribution in [3.05, 3.63) is 17.0 Å². The zero-order valence-corrected chi connectivity index (χ0v) is 12.9. The molecule has 19 heavy (non-hydrogen) atoms. The first-order valence-corrected chi connectivity index (χ1v) is 7.69. The van der Waals surface area contributed by atoms with Gasteiger partial charge in [0.1, 0.15) is 16.8 Å². The molecule has 0 amide bonds. The van der Waals surface area contributed by atoms with Crippen LogP contribution in [0.1, 0.15) is 58.7 Å². The lowest BCUT2D eigenvalue weighted by Gasteiger charge is -2.39. The van der Waals surface area contributed by atoms with Gasteiger partial charge in [-0.15, -0.1) is 0 Å². The molecule has 1 unspecified atom stereocenters. The van der Waals surface area contributed by atoms with Crippen LogP contribution in [-0.2, 0) is 6.42 Å². The molecular weight excluding hydrogens is 258 g/mol. The minimum Gasteiger partial charge on any atom is -0.367 e. The quantitative estimate of drug-likeness (QED) is 0.828. The average molecular weight is 282 g/mol. The van der Waals surface area contributed by atoms with E-state index in [-0.39, 0.29) is 0 Å². The van der Waals surface area contributed by atoms with Gasteiger partial charge in [0.15, 0.2) is 0 Å². The van der Waals surface area contributed by atoms with Gasteiger partial charge in [0.25, 0.3) is 0 Å². The molecule has 1 fully saturated rings. The predicted octanol–water partition coefficient (Wildman–Crippen LogP) is 4.46. The SMILES string of the molecule is CCCc1nc(Cl)cc(NC2CCCCC2(C)C)n1. The summed E-state index contributed by atoms with van der Waals surface area (Å²) in [6, 6.07) is 2.31. The zero-order valence-electron chi connectivity index (χ0n) is 12.2. The second-order valence-electron chi connectivity index (χ2n) is 6.17. The molecule has 0 radical (unpaired) electrons. The molecule has 0 bridgehead atoms. The molecule has 1 heterocycles. The summed E-state index contributed by atoms with van der Waals surface area (Å²) in [5.74, 6) is 1.72. The van der Waals surface area contributed by atoms with Gasteiger partial charge in [-0.05, 0) is 24.7 Å². The fraction of sp³-hybridized carbons (Fsp3) is 0.733. The van der Waals surface area contributed by atoms with Crippen molar-refractivity contribution >= 4 is 17.4 Å². The third-order valence-electron chi connectivity index (χ3n) is 4.04. The highest BCUT2D eigenvalue weighted by Crippen LogP contribution is 2.37. The third-order valence-corrected chi connectivity index (χ3v) is 4.24. The number of nitrogens with zero attached hydrogens (tertiary/aromatic N) is 2. The lowest BCUT2D eigenvalue weighted by atomic mass is 9.73. The monoisotopic (exact) mass is 281 g/mol. The molecular formula is C15H24ClN3. The lowest BCUT2D eigenvalue weighted by molar-refractivity contribution is 0.216. The van der Waals surface area contributed by atoms with E-state index in [2.05, 4.69) is 36.1 Å². The number of hydrogen-bond donors (Lipinski definition) is 1. The van der Waals surface area contributed by atoms with Crippen LogP contribution in [0.2, 0.25) is 5.15 Å². The van der Waals surface area contributed by atoms with E-state index in [9.17, 15) is 0 Å². The van der Waals surface area contributed by atoms with Crippen molar-refractivity contribution in [3.8, 4) is 0 Å². The largest absolute Gasteiger partial charge is 0.367 e. The summed E-state index contributed by atoms with van der Waals surface area (Å²) in [6.45, 7) is 6.79. The summed E-state index contributed by atoms with van der Waals surface area (Å²) in [7, 11) is 0. The summed E-state index contributed by atoms with van der Waals surface area (Å²) in [6.07, 6.45) is 7.01. The van der Waals surface area contributed by atoms with Crippen LogP contribution in [0.3, 0.4) is 0 Å². The summed E-state index contributed by atoms with van der Waals surface area (Å²) in [5.41, 5.74) is 0.320. The second-order valence-corrected chi connectivity index (χ2v) is 6.56. The van der Waals surface area contributed by atoms with E-state index in [1.165, 1.54) is 25.7 Å². The highest BCUT2D eigenvalue weighted by molar-refractivity contribution is 6.29. The number of hydrogen-bond acceptors (Lipinski definition) is 3. The summed E-state index contributed by atoms with van der Waals surface area (Å²) in [4.78, 5) is 8.84. The highest BCUT2D eigenvalue weighted by atomic mass is 35.5. The van der Waals surface area contributed by atoms with Gasteiger partial charge < -0.3 is 5.32 Å². The number of anilines is 1. The van der Waals surface area contributed by atoms with Crippen molar-refractivity contribution in [2.45, 2.75) is 65.3 Å². The maximum absolute atomic E-state index is 6.08. The Morgan fingerprint density at radius 2 is 2.16 bits per heavy atom. The van der Waals surface area contributed by atoms with E-state index in [0.717, 1.165) is 24.5 Å². The van der Waals surface area contributed by atoms with E-state index in [1.54, 1.807) is 0 Å². The maximum atomic E-state index is 6.08. The van der Waals surface area contributed by atoms with Gasteiger partial charge in [0.05, 0.1) is 0 Å². The highest BCUT2D eigenvalue weighted by Gasteiger charge is 2.32. The Balaban J connectivity index is 2.13. The van der Waals surface area contributed by atoms with Crippen LogP contribution in [0.15, 0.2) is 6.07 Å². The van der Waals surface area contributed by atoms with Gasteiger partial charge in [-0.25, -0.2) is 9.97 Å². The number of nitrogens with one attached hydrogen (secondary N) is 1. The minimum absolute atomic E-state index is 0.320. The molecule has 1 aliphatic carbocycles. The summed E-state index contributed by atoms with van der Waals surface area (Å²) < 4.78 is 0. The first-order valence-electron chi connectivity index (χ1n) is 7.31. The Morgan fingerprint density at radius 3 is 2.84 bits per heavy atom. The molecule has 106 valence electrons. The number of aryl methyl sites for hydroxylation is 1. The van der Waals surface area contributed by atoms with E-state index in [0.29, 0.717) is 16.6 Å². The van der Waals surface area contributed by atoms with Crippen molar-refractivity contribution in [2.24, 2.45) is 5.41 Å². The Morgan fingerprint density at radius 1 is 1.37 bits per heavy atom. The molecule has 1 aromatic rings. The van der Waals surface area contributed by atoms with E-state index >= 15 is 0 Å². The molecule has 0 saturated heterocycles. The van der Waals surface area contributed by atoms with Gasteiger partial charge in [-0.1, -0.05) is 45.2 Å². The van der Waals surface area contributed by atoms with Crippen LogP contribution in [-0.4, -0.2) is 16.0 Å². The molecule has 1 N–H and O–H groups in total. The Bertz CT molecular complexity index is 431. The van der Waals surface area contributed by atoms with Crippen molar-refractivity contribution in [2.75, 3.05) is 5.32 Å². The normalized spacial score (nSPS) is 22.2. The first-order chi connectivity index (χ1) is 9.01. The van der Waals surface area contributed by atoms with Crippen LogP contribution < -0.4 is 5.32 Å². The summed E-state index contributed by atoms with van der Waals surface area (Å²) in [5, 5.41) is 4.11. The smallest absolute Gasteiger partial charge is 0.134 e. The maximum Gasteiger partial charge on any atom is 0.134 e. The van der Waals surface area contributed by atoms with Crippen LogP contribution in [0.25, 0.3) is 0 Å². The van der Waals surface area contributed by atoms with Crippen molar-refractivity contribution in [3.63, 3.8) is 0 Å². The molecule has 1 atom stereocenters. The Hall–Kier alpha value is -0.830. The molecule has 0 aliphatic heterocycles. The Labute approximate surface area is 121 Å². The predicted molar refractivity (Wildman–Crippen MR) is 80.7 cm³/mol. The number of rotatable bonds is 4. The van der Waals surface area contributed by atoms with Crippen molar-refractivity contribution in [1.82, 2.24) is 9.97 Å². The van der Waals surface area contributed by atoms with Crippen LogP contribution in [0.5, 0.6) is 0 Å². The van der Waals surface area contributed by atoms with Crippen molar-refractivity contribution in [1.29, 1.82) is 0 Å². The van der Waals surface area contributed by atoms with Gasteiger partial charge in [-0.2, -0.15) is 0 Å². The first kappa shape index (κ1) is 14.6. The molecule has 1 saturated carbocycles. The van der Waals surface area contributed by atoms with Crippen LogP contribution in [0, 0.1) is 5.41 Å². The summed E-state index contributed by atoms with van der Waals surface area (Å²) >= 11 is 6.08. The standard InChI is InChI=1S/C15H24ClN3/c1-4-7-13-18-12(16)10-14(19-13)17-11-8-5-6-9-15(11,2)3/h10-11H,4-9H2,1-3H3,(H,17,18,19). The van der Waals surface area contributed by atoms with Gasteiger partial charge >= 0.3 is 0 Å². The molecule has 1 aromatic heterocycles. The van der Waals surface area contributed by atoms with Gasteiger partial charge in [0, 0.05) is 18.5 Å². The Kier molecular flexibility index (Phi) is 4.67. The van der Waals surface area contributed by atoms with Crippen LogP contribution in [0.4, 0.5) is 5.82 Å². The second kappa shape index (κ2) is 6.08. The van der Waals surface area contributed by atoms with E-state index < -0.39 is 0 Å². The molecule has 0 aromatic carbocycles. The topological polar surface area (TPSA) is 37.8 Å². The average Bonchev–Trinajstić information content (AvgIpc) is 2.31. The number of aromatic nitrogens is 2. The fourth-order valence-corrected chi connectivity index (χ4v) is 3.02. The van der Waals surface area contributed by atoms with E-state index in [4.69, 9.17) is 11.6 Å². The molecule has 4 heteroatoms. The molecule has 3 nitrogen and oxygen atoms in total. The fourth-order valence-electron chi connectivity index (χ4n) is 2.81. The molecule has 2 rings (SSSR count). The van der Waals surface area contributed by atoms with Gasteiger partial charge in [-0.3, -0.25) is 0 Å². The number of halogens is 1. The lowest BCUT2D eigenvalue weighted by Crippen LogP contribution is -2.39. The van der Waals surface area contributed by atoms with Crippen molar-refractivity contribution < 1.29 is 0 Å². The van der Waals surface area contributed by atoms with Crippen LogP contribution >= 0.6 is 11.6 Å². The van der Waals surface area contributed by atoms with Gasteiger partial charge in [0.2, 0.25) is 0 Å². The zero-order chi connectivity index (χ0) is 13.9. The third kappa shape index (κ3) is 3.82.